The second-order valence-electron chi connectivity index (χ2n) is 5.37. The Kier molecular flexibility index (Phi) is 4.02. The summed E-state index contributed by atoms with van der Waals surface area (Å²) < 4.78 is 5.22. The smallest absolute Gasteiger partial charge is 0.245 e. The summed E-state index contributed by atoms with van der Waals surface area (Å²) >= 11 is 6.38. The highest BCUT2D eigenvalue weighted by Crippen LogP contribution is 2.29. The fourth-order valence-corrected chi connectivity index (χ4v) is 3.04. The Morgan fingerprint density at radius 3 is 2.52 bits per heavy atom. The molecule has 3 rings (SSSR count). The van der Waals surface area contributed by atoms with Gasteiger partial charge in [-0.2, -0.15) is 0 Å². The van der Waals surface area contributed by atoms with E-state index in [0.29, 0.717) is 0 Å². The summed E-state index contributed by atoms with van der Waals surface area (Å²) in [5, 5.41) is 1.54. The molecular weight excluding hydrogens is 286 g/mol. The van der Waals surface area contributed by atoms with Crippen LogP contribution in [0.5, 0.6) is 5.75 Å². The van der Waals surface area contributed by atoms with Crippen molar-refractivity contribution in [2.24, 2.45) is 0 Å². The summed E-state index contributed by atoms with van der Waals surface area (Å²) in [7, 11) is 1.65. The Balaban J connectivity index is 1.87. The lowest BCUT2D eigenvalue weighted by molar-refractivity contribution is -0.129. The summed E-state index contributed by atoms with van der Waals surface area (Å²) in [6.07, 6.45) is 2.15. The molecule has 110 valence electrons. The normalized spacial score (nSPS) is 16.2. The number of alkyl halides is 1. The van der Waals surface area contributed by atoms with Gasteiger partial charge in [0, 0.05) is 13.1 Å². The Morgan fingerprint density at radius 1 is 1.14 bits per heavy atom. The number of ether oxygens (including phenoxy) is 1. The lowest BCUT2D eigenvalue weighted by Crippen LogP contribution is -2.30. The molecule has 0 aliphatic carbocycles. The molecule has 1 saturated heterocycles. The van der Waals surface area contributed by atoms with Crippen LogP contribution < -0.4 is 4.74 Å². The van der Waals surface area contributed by atoms with Gasteiger partial charge in [-0.25, -0.2) is 0 Å². The summed E-state index contributed by atoms with van der Waals surface area (Å²) in [5.41, 5.74) is 0.853. The molecule has 0 aromatic heterocycles. The number of rotatable bonds is 3. The SMILES string of the molecule is COc1ccc2cc(C(Cl)C(=O)N3CCCC3)ccc2c1. The van der Waals surface area contributed by atoms with Gasteiger partial charge in [-0.05, 0) is 47.4 Å². The molecule has 3 nitrogen and oxygen atoms in total. The predicted molar refractivity (Wildman–Crippen MR) is 84.9 cm³/mol. The molecule has 0 radical (unpaired) electrons. The van der Waals surface area contributed by atoms with Crippen LogP contribution >= 0.6 is 11.6 Å². The highest BCUT2D eigenvalue weighted by molar-refractivity contribution is 6.30. The molecule has 1 heterocycles. The largest absolute Gasteiger partial charge is 0.497 e. The number of benzene rings is 2. The Labute approximate surface area is 129 Å². The van der Waals surface area contributed by atoms with Crippen LogP contribution in [0.4, 0.5) is 0 Å². The number of hydrogen-bond acceptors (Lipinski definition) is 2. The topological polar surface area (TPSA) is 29.5 Å². The maximum atomic E-state index is 12.4. The lowest BCUT2D eigenvalue weighted by atomic mass is 10.0. The van der Waals surface area contributed by atoms with Gasteiger partial charge in [0.1, 0.15) is 11.1 Å². The van der Waals surface area contributed by atoms with Gasteiger partial charge in [0.2, 0.25) is 5.91 Å². The van der Waals surface area contributed by atoms with E-state index in [1.165, 1.54) is 0 Å². The number of methoxy groups -OCH3 is 1. The molecule has 0 saturated carbocycles. The minimum absolute atomic E-state index is 0.0158. The van der Waals surface area contributed by atoms with E-state index in [4.69, 9.17) is 16.3 Å². The Hall–Kier alpha value is -1.74. The van der Waals surface area contributed by atoms with Crippen molar-refractivity contribution in [2.75, 3.05) is 20.2 Å². The number of amides is 1. The van der Waals surface area contributed by atoms with Crippen molar-refractivity contribution >= 4 is 28.3 Å². The molecule has 1 unspecified atom stereocenters. The van der Waals surface area contributed by atoms with E-state index in [9.17, 15) is 4.79 Å². The van der Waals surface area contributed by atoms with Crippen molar-refractivity contribution in [1.82, 2.24) is 4.90 Å². The standard InChI is InChI=1S/C17H18ClNO2/c1-21-15-7-6-12-10-14(5-4-13(12)11-15)16(18)17(20)19-8-2-3-9-19/h4-7,10-11,16H,2-3,8-9H2,1H3. The fourth-order valence-electron chi connectivity index (χ4n) is 2.77. The monoisotopic (exact) mass is 303 g/mol. The Morgan fingerprint density at radius 2 is 1.81 bits per heavy atom. The number of carbonyl (C=O) groups excluding carboxylic acids is 1. The molecule has 0 bridgehead atoms. The van der Waals surface area contributed by atoms with Crippen molar-refractivity contribution in [1.29, 1.82) is 0 Å². The highest BCUT2D eigenvalue weighted by atomic mass is 35.5. The number of nitrogens with zero attached hydrogens (tertiary/aromatic N) is 1. The average Bonchev–Trinajstić information content (AvgIpc) is 3.06. The van der Waals surface area contributed by atoms with Crippen LogP contribution in [-0.2, 0) is 4.79 Å². The predicted octanol–water partition coefficient (Wildman–Crippen LogP) is 3.75. The van der Waals surface area contributed by atoms with Gasteiger partial charge in [-0.1, -0.05) is 18.2 Å². The van der Waals surface area contributed by atoms with Crippen molar-refractivity contribution < 1.29 is 9.53 Å². The first-order valence-corrected chi connectivity index (χ1v) is 7.63. The maximum Gasteiger partial charge on any atom is 0.245 e. The summed E-state index contributed by atoms with van der Waals surface area (Å²) in [6.45, 7) is 1.65. The van der Waals surface area contributed by atoms with Gasteiger partial charge < -0.3 is 9.64 Å². The maximum absolute atomic E-state index is 12.4. The first kappa shape index (κ1) is 14.2. The number of fused-ring (bicyclic) bond motifs is 1. The van der Waals surface area contributed by atoms with E-state index in [0.717, 1.165) is 48.0 Å². The second-order valence-corrected chi connectivity index (χ2v) is 5.80. The molecule has 0 spiro atoms. The van der Waals surface area contributed by atoms with Gasteiger partial charge >= 0.3 is 0 Å². The van der Waals surface area contributed by atoms with E-state index < -0.39 is 5.38 Å². The fraction of sp³-hybridized carbons (Fsp3) is 0.353. The zero-order valence-electron chi connectivity index (χ0n) is 12.0. The molecule has 0 N–H and O–H groups in total. The molecule has 2 aromatic rings. The zero-order valence-corrected chi connectivity index (χ0v) is 12.8. The molecular formula is C17H18ClNO2. The third-order valence-corrected chi connectivity index (χ3v) is 4.44. The molecule has 2 aromatic carbocycles. The molecule has 1 fully saturated rings. The van der Waals surface area contributed by atoms with Crippen LogP contribution in [0, 0.1) is 0 Å². The number of carbonyl (C=O) groups is 1. The summed E-state index contributed by atoms with van der Waals surface area (Å²) in [5.74, 6) is 0.841. The summed E-state index contributed by atoms with van der Waals surface area (Å²) in [6, 6.07) is 11.8. The van der Waals surface area contributed by atoms with Crippen molar-refractivity contribution in [3.63, 3.8) is 0 Å². The molecule has 1 atom stereocenters. The van der Waals surface area contributed by atoms with Crippen molar-refractivity contribution in [3.05, 3.63) is 42.0 Å². The first-order chi connectivity index (χ1) is 10.2. The molecule has 4 heteroatoms. The van der Waals surface area contributed by atoms with Crippen LogP contribution in [0.2, 0.25) is 0 Å². The molecule has 1 aliphatic rings. The lowest BCUT2D eigenvalue weighted by Gasteiger charge is -2.19. The van der Waals surface area contributed by atoms with E-state index in [1.807, 2.05) is 41.3 Å². The van der Waals surface area contributed by atoms with Gasteiger partial charge in [-0.15, -0.1) is 11.6 Å². The highest BCUT2D eigenvalue weighted by Gasteiger charge is 2.26. The van der Waals surface area contributed by atoms with Gasteiger partial charge in [0.15, 0.2) is 0 Å². The molecule has 1 aliphatic heterocycles. The van der Waals surface area contributed by atoms with Crippen LogP contribution in [-0.4, -0.2) is 31.0 Å². The van der Waals surface area contributed by atoms with Gasteiger partial charge in [-0.3, -0.25) is 4.79 Å². The quantitative estimate of drug-likeness (QED) is 0.808. The van der Waals surface area contributed by atoms with Crippen molar-refractivity contribution in [2.45, 2.75) is 18.2 Å². The minimum atomic E-state index is -0.602. The van der Waals surface area contributed by atoms with Crippen LogP contribution in [0.1, 0.15) is 23.8 Å². The number of hydrogen-bond donors (Lipinski definition) is 0. The van der Waals surface area contributed by atoms with E-state index in [1.54, 1.807) is 7.11 Å². The summed E-state index contributed by atoms with van der Waals surface area (Å²) in [4.78, 5) is 14.2. The van der Waals surface area contributed by atoms with Crippen LogP contribution in [0.3, 0.4) is 0 Å². The molecule has 21 heavy (non-hydrogen) atoms. The Bertz CT molecular complexity index is 665. The number of likely N-dealkylation sites (tertiary alicyclic amines) is 1. The van der Waals surface area contributed by atoms with Crippen LogP contribution in [0.15, 0.2) is 36.4 Å². The van der Waals surface area contributed by atoms with E-state index in [2.05, 4.69) is 0 Å². The number of halogens is 1. The van der Waals surface area contributed by atoms with Gasteiger partial charge in [0.05, 0.1) is 7.11 Å². The van der Waals surface area contributed by atoms with E-state index >= 15 is 0 Å². The second kappa shape index (κ2) is 5.94. The zero-order chi connectivity index (χ0) is 14.8. The van der Waals surface area contributed by atoms with Crippen molar-refractivity contribution in [3.8, 4) is 5.75 Å². The van der Waals surface area contributed by atoms with E-state index in [-0.39, 0.29) is 5.91 Å². The first-order valence-electron chi connectivity index (χ1n) is 7.19. The van der Waals surface area contributed by atoms with Crippen LogP contribution in [0.25, 0.3) is 10.8 Å². The van der Waals surface area contributed by atoms with Gasteiger partial charge in [0.25, 0.3) is 0 Å². The third kappa shape index (κ3) is 2.84. The third-order valence-electron chi connectivity index (χ3n) is 4.00. The average molecular weight is 304 g/mol. The minimum Gasteiger partial charge on any atom is -0.497 e. The molecule has 1 amide bonds.